The van der Waals surface area contributed by atoms with Gasteiger partial charge in [-0.05, 0) is 93.5 Å². The number of non-ortho nitro benzene ring substituents is 1. The number of benzene rings is 9. The summed E-state index contributed by atoms with van der Waals surface area (Å²) in [6.45, 7) is 0. The number of ketones is 2. The van der Waals surface area contributed by atoms with E-state index in [9.17, 15) is 19.7 Å². The molecule has 8 nitrogen and oxygen atoms in total. The standard InChI is InChI=1S/C34H26O2.C28H24N2O4.Cl2/c35-33(27-11-3-1-4-12-27)31-17-9-7-15-29(31)23-25-19-21-26(22-20-25)24-30-16-8-10-18-32(30)34(36)28-13-5-2-6-14-28;31-30(32)28-17-13-26(14-18-28)20-24-9-5-22(6-10-24)2-1-21-3-7-23(8-4-21)19-25-11-15-27(16-12-25)29-34-33;1-2/h1-22H,23-24H2;1-18,29,33H,19-20H2;. The van der Waals surface area contributed by atoms with Gasteiger partial charge in [0.2, 0.25) is 0 Å². The average Bonchev–Trinajstić information content (AvgIpc) is 3.43. The highest BCUT2D eigenvalue weighted by atomic mass is 36.5. The lowest BCUT2D eigenvalue weighted by Crippen LogP contribution is -2.06. The van der Waals surface area contributed by atoms with Crippen molar-refractivity contribution in [3.05, 3.63) is 319 Å². The molecule has 0 spiro atoms. The van der Waals surface area contributed by atoms with Crippen LogP contribution in [-0.4, -0.2) is 21.7 Å². The molecule has 358 valence electrons. The zero-order valence-electron chi connectivity index (χ0n) is 39.1. The SMILES string of the molecule is ClCl.O=C(c1ccccc1)c1ccccc1Cc1ccc(Cc2ccccc2C(=O)c2ccccc2)cc1.O=[N+]([O-])c1ccc(Cc2ccc(C=Cc3ccc(Cc4ccc(NOO)cc4)cc3)cc2)cc1. The summed E-state index contributed by atoms with van der Waals surface area (Å²) >= 11 is 0. The first-order valence-corrected chi connectivity index (χ1v) is 24.2. The smallest absolute Gasteiger partial charge is 0.269 e. The second-order valence-corrected chi connectivity index (χ2v) is 16.9. The van der Waals surface area contributed by atoms with Crippen LogP contribution in [-0.2, 0) is 30.7 Å². The van der Waals surface area contributed by atoms with Crippen LogP contribution >= 0.6 is 21.7 Å². The van der Waals surface area contributed by atoms with Crippen molar-refractivity contribution in [2.45, 2.75) is 25.7 Å². The molecule has 0 bridgehead atoms. The Hall–Kier alpha value is -8.24. The molecule has 0 radical (unpaired) electrons. The van der Waals surface area contributed by atoms with Crippen molar-refractivity contribution < 1.29 is 24.8 Å². The van der Waals surface area contributed by atoms with Gasteiger partial charge in [-0.2, -0.15) is 0 Å². The summed E-state index contributed by atoms with van der Waals surface area (Å²) in [5.41, 5.74) is 17.2. The molecule has 0 saturated heterocycles. The molecule has 0 saturated carbocycles. The Morgan fingerprint density at radius 2 is 0.764 bits per heavy atom. The van der Waals surface area contributed by atoms with Crippen LogP contribution in [0.4, 0.5) is 11.4 Å². The number of nitrogens with zero attached hydrogens (tertiary/aromatic N) is 1. The van der Waals surface area contributed by atoms with Crippen molar-refractivity contribution in [1.82, 2.24) is 0 Å². The Morgan fingerprint density at radius 1 is 0.444 bits per heavy atom. The molecule has 0 fully saturated rings. The van der Waals surface area contributed by atoms with Crippen LogP contribution in [0, 0.1) is 10.1 Å². The van der Waals surface area contributed by atoms with Gasteiger partial charge in [-0.25, -0.2) is 10.7 Å². The molecule has 9 rings (SSSR count). The molecule has 0 heterocycles. The second-order valence-electron chi connectivity index (χ2n) is 16.9. The van der Waals surface area contributed by atoms with Gasteiger partial charge in [-0.3, -0.25) is 19.7 Å². The minimum Gasteiger partial charge on any atom is -0.289 e. The van der Waals surface area contributed by atoms with Gasteiger partial charge in [-0.15, -0.1) is 4.99 Å². The topological polar surface area (TPSA) is 119 Å². The second kappa shape index (κ2) is 26.7. The maximum atomic E-state index is 13.1. The van der Waals surface area contributed by atoms with Crippen LogP contribution in [0.5, 0.6) is 0 Å². The van der Waals surface area contributed by atoms with Gasteiger partial charge >= 0.3 is 0 Å². The van der Waals surface area contributed by atoms with Crippen LogP contribution in [0.25, 0.3) is 12.2 Å². The molecular weight excluding hydrogens is 940 g/mol. The predicted octanol–water partition coefficient (Wildman–Crippen LogP) is 15.5. The van der Waals surface area contributed by atoms with Gasteiger partial charge in [0.25, 0.3) is 5.69 Å². The highest BCUT2D eigenvalue weighted by Crippen LogP contribution is 2.23. The van der Waals surface area contributed by atoms with E-state index in [1.54, 1.807) is 24.3 Å². The van der Waals surface area contributed by atoms with E-state index in [1.807, 2.05) is 133 Å². The minimum atomic E-state index is -0.383. The quantitative estimate of drug-likeness (QED) is 0.0307. The highest BCUT2D eigenvalue weighted by molar-refractivity contribution is 6.85. The molecule has 10 heteroatoms. The molecule has 9 aromatic carbocycles. The first-order chi connectivity index (χ1) is 35.3. The molecule has 2 N–H and O–H groups in total. The van der Waals surface area contributed by atoms with Gasteiger partial charge in [0.15, 0.2) is 11.6 Å². The van der Waals surface area contributed by atoms with Crippen LogP contribution in [0.2, 0.25) is 0 Å². The third-order valence-electron chi connectivity index (χ3n) is 11.9. The molecule has 72 heavy (non-hydrogen) atoms. The van der Waals surface area contributed by atoms with Gasteiger partial charge < -0.3 is 0 Å². The van der Waals surface area contributed by atoms with Crippen molar-refractivity contribution >= 4 is 56.8 Å². The highest BCUT2D eigenvalue weighted by Gasteiger charge is 2.15. The van der Waals surface area contributed by atoms with Crippen LogP contribution in [0.15, 0.2) is 231 Å². The predicted molar refractivity (Wildman–Crippen MR) is 291 cm³/mol. The molecule has 0 amide bonds. The van der Waals surface area contributed by atoms with Gasteiger partial charge in [0, 0.05) is 56.1 Å². The molecule has 0 aliphatic heterocycles. The summed E-state index contributed by atoms with van der Waals surface area (Å²) in [5, 5.41) is 19.2. The lowest BCUT2D eigenvalue weighted by molar-refractivity contribution is -0.384. The minimum absolute atomic E-state index is 0.0440. The third-order valence-corrected chi connectivity index (χ3v) is 11.9. The van der Waals surface area contributed by atoms with E-state index in [0.29, 0.717) is 29.7 Å². The Balaban J connectivity index is 0.000000205. The molecule has 0 aliphatic rings. The number of hydrogen-bond acceptors (Lipinski definition) is 7. The fourth-order valence-electron chi connectivity index (χ4n) is 8.13. The lowest BCUT2D eigenvalue weighted by atomic mass is 9.92. The third kappa shape index (κ3) is 14.9. The van der Waals surface area contributed by atoms with Crippen molar-refractivity contribution in [1.29, 1.82) is 0 Å². The number of anilines is 1. The first-order valence-electron chi connectivity index (χ1n) is 23.1. The Kier molecular flexibility index (Phi) is 19.1. The van der Waals surface area contributed by atoms with E-state index in [4.69, 9.17) is 5.26 Å². The summed E-state index contributed by atoms with van der Waals surface area (Å²) in [6, 6.07) is 74.0. The fourth-order valence-corrected chi connectivity index (χ4v) is 8.13. The molecule has 0 aliphatic carbocycles. The van der Waals surface area contributed by atoms with Gasteiger partial charge in [0.05, 0.1) is 10.6 Å². The Morgan fingerprint density at radius 3 is 1.14 bits per heavy atom. The number of carbonyl (C=O) groups is 2. The van der Waals surface area contributed by atoms with E-state index in [0.717, 1.165) is 68.5 Å². The van der Waals surface area contributed by atoms with Crippen molar-refractivity contribution in [2.24, 2.45) is 0 Å². The number of halogens is 2. The summed E-state index contributed by atoms with van der Waals surface area (Å²) in [5.74, 6) is 0.0880. The summed E-state index contributed by atoms with van der Waals surface area (Å²) in [7, 11) is 8.22. The van der Waals surface area contributed by atoms with E-state index >= 15 is 0 Å². The maximum absolute atomic E-state index is 13.1. The number of carbonyl (C=O) groups excluding carboxylic acids is 2. The monoisotopic (exact) mass is 988 g/mol. The van der Waals surface area contributed by atoms with Crippen LogP contribution in [0.3, 0.4) is 0 Å². The number of hydrogen-bond donors (Lipinski definition) is 2. The number of rotatable bonds is 17. The first kappa shape index (κ1) is 51.6. The lowest BCUT2D eigenvalue weighted by Gasteiger charge is -2.11. The number of nitrogens with one attached hydrogen (secondary N) is 1. The van der Waals surface area contributed by atoms with Crippen molar-refractivity contribution in [3.63, 3.8) is 0 Å². The Labute approximate surface area is 429 Å². The molecule has 0 atom stereocenters. The summed E-state index contributed by atoms with van der Waals surface area (Å²) < 4.78 is 0. The zero-order chi connectivity index (χ0) is 50.5. The van der Waals surface area contributed by atoms with E-state index in [2.05, 4.69) is 117 Å². The summed E-state index contributed by atoms with van der Waals surface area (Å²) in [6.07, 6.45) is 7.08. The number of nitro benzene ring substituents is 1. The largest absolute Gasteiger partial charge is 0.289 e. The molecular formula is C62H50Cl2N2O6. The van der Waals surface area contributed by atoms with E-state index < -0.39 is 0 Å². The fraction of sp³-hybridized carbons (Fsp3) is 0.0645. The van der Waals surface area contributed by atoms with Crippen LogP contribution in [0.1, 0.15) is 87.5 Å². The molecule has 9 aromatic rings. The number of nitro groups is 1. The van der Waals surface area contributed by atoms with Crippen molar-refractivity contribution in [3.8, 4) is 0 Å². The van der Waals surface area contributed by atoms with Gasteiger partial charge in [0.1, 0.15) is 0 Å². The summed E-state index contributed by atoms with van der Waals surface area (Å²) in [4.78, 5) is 40.5. The van der Waals surface area contributed by atoms with Crippen molar-refractivity contribution in [2.75, 3.05) is 5.48 Å². The average molecular weight is 990 g/mol. The van der Waals surface area contributed by atoms with E-state index in [-0.39, 0.29) is 22.2 Å². The maximum Gasteiger partial charge on any atom is 0.269 e. The normalized spacial score (nSPS) is 10.6. The van der Waals surface area contributed by atoms with Gasteiger partial charge in [-0.1, -0.05) is 218 Å². The van der Waals surface area contributed by atoms with E-state index in [1.165, 1.54) is 11.1 Å². The molecule has 0 unspecified atom stereocenters. The molecule has 0 aromatic heterocycles. The zero-order valence-corrected chi connectivity index (χ0v) is 40.6. The Bertz CT molecular complexity index is 3070. The van der Waals surface area contributed by atoms with Crippen LogP contribution < -0.4 is 5.48 Å².